The van der Waals surface area contributed by atoms with Gasteiger partial charge < -0.3 is 20.3 Å². The highest BCUT2D eigenvalue weighted by Crippen LogP contribution is 2.76. The van der Waals surface area contributed by atoms with Crippen molar-refractivity contribution in [2.75, 3.05) is 39.5 Å². The lowest BCUT2D eigenvalue weighted by atomic mass is 9.33. The summed E-state index contributed by atoms with van der Waals surface area (Å²) in [4.78, 5) is 27.5. The molecule has 0 radical (unpaired) electrons. The first-order chi connectivity index (χ1) is 26.2. The summed E-state index contributed by atoms with van der Waals surface area (Å²) < 4.78 is 29.5. The standard InChI is InChI=1S/C47H75N3O5S/c1-31(2)35-15-24-46(48-27-30-50-28-18-34(19-29-50)56(10,53)54)26-25-44(7)37(40(35)46)11-12-39-43(6)20-16-36(42(4,5)38(43)17-21-45(39,44)8)33-13-22-47(23-14-33,41(52)55-9)49-32(3)51/h13,16,34-35,37-40,48H,1,11-12,14-15,17-30H2,2-10H3,(H,49,51). The van der Waals surface area contributed by atoms with Crippen LogP contribution in [-0.4, -0.2) is 81.1 Å². The molecule has 1 heterocycles. The molecule has 1 saturated heterocycles. The predicted octanol–water partition coefficient (Wildman–Crippen LogP) is 8.19. The summed E-state index contributed by atoms with van der Waals surface area (Å²) in [6.07, 6.45) is 20.8. The molecule has 1 aliphatic heterocycles. The number of rotatable bonds is 9. The minimum atomic E-state index is -2.96. The van der Waals surface area contributed by atoms with Crippen LogP contribution in [0.1, 0.15) is 138 Å². The van der Waals surface area contributed by atoms with Crippen molar-refractivity contribution >= 4 is 21.7 Å². The largest absolute Gasteiger partial charge is 0.467 e. The fraction of sp³-hybridized carbons (Fsp3) is 0.830. The molecule has 5 fully saturated rings. The lowest BCUT2D eigenvalue weighted by Gasteiger charge is -2.72. The van der Waals surface area contributed by atoms with Crippen molar-refractivity contribution in [1.29, 1.82) is 0 Å². The van der Waals surface area contributed by atoms with Crippen LogP contribution in [0.4, 0.5) is 0 Å². The Morgan fingerprint density at radius 3 is 2.20 bits per heavy atom. The van der Waals surface area contributed by atoms with Crippen LogP contribution in [0.5, 0.6) is 0 Å². The Kier molecular flexibility index (Phi) is 11.0. The molecule has 0 spiro atoms. The van der Waals surface area contributed by atoms with Crippen molar-refractivity contribution in [3.05, 3.63) is 35.5 Å². The number of piperidine rings is 1. The van der Waals surface area contributed by atoms with Gasteiger partial charge in [0.2, 0.25) is 5.91 Å². The molecule has 1 amide bonds. The number of carbonyl (C=O) groups is 2. The molecular formula is C47H75N3O5S. The summed E-state index contributed by atoms with van der Waals surface area (Å²) in [5.41, 5.74) is 4.14. The summed E-state index contributed by atoms with van der Waals surface area (Å²) in [5, 5.41) is 7.04. The van der Waals surface area contributed by atoms with Crippen molar-refractivity contribution in [2.45, 2.75) is 155 Å². The number of hydrogen-bond acceptors (Lipinski definition) is 7. The molecule has 0 aromatic heterocycles. The molecule has 8 nitrogen and oxygen atoms in total. The van der Waals surface area contributed by atoms with Gasteiger partial charge in [0, 0.05) is 31.8 Å². The number of esters is 1. The van der Waals surface area contributed by atoms with Gasteiger partial charge in [-0.2, -0.15) is 0 Å². The Morgan fingerprint density at radius 2 is 1.59 bits per heavy atom. The number of sulfone groups is 1. The average Bonchev–Trinajstić information content (AvgIpc) is 3.51. The fourth-order valence-electron chi connectivity index (χ4n) is 15.6. The summed E-state index contributed by atoms with van der Waals surface area (Å²) in [6.45, 7) is 25.2. The highest BCUT2D eigenvalue weighted by atomic mass is 32.2. The van der Waals surface area contributed by atoms with Gasteiger partial charge >= 0.3 is 5.97 Å². The maximum atomic E-state index is 12.9. The number of amides is 1. The second-order valence-corrected chi connectivity index (χ2v) is 23.7. The van der Waals surface area contributed by atoms with Crippen LogP contribution >= 0.6 is 0 Å². The molecule has 7 rings (SSSR count). The van der Waals surface area contributed by atoms with E-state index in [4.69, 9.17) is 4.74 Å². The molecule has 0 aromatic rings. The lowest BCUT2D eigenvalue weighted by Crippen LogP contribution is -2.68. The number of hydrogen-bond donors (Lipinski definition) is 2. The van der Waals surface area contributed by atoms with Gasteiger partial charge in [0.05, 0.1) is 12.4 Å². The predicted molar refractivity (Wildman–Crippen MR) is 226 cm³/mol. The van der Waals surface area contributed by atoms with E-state index in [1.807, 2.05) is 0 Å². The maximum absolute atomic E-state index is 12.9. The zero-order chi connectivity index (χ0) is 40.7. The van der Waals surface area contributed by atoms with Crippen molar-refractivity contribution in [3.8, 4) is 0 Å². The first kappa shape index (κ1) is 42.2. The Labute approximate surface area is 339 Å². The van der Waals surface area contributed by atoms with E-state index < -0.39 is 15.4 Å². The molecule has 10 atom stereocenters. The highest BCUT2D eigenvalue weighted by molar-refractivity contribution is 7.91. The lowest BCUT2D eigenvalue weighted by molar-refractivity contribution is -0.221. The molecule has 2 N–H and O–H groups in total. The molecule has 4 saturated carbocycles. The van der Waals surface area contributed by atoms with Crippen molar-refractivity contribution < 1.29 is 22.7 Å². The van der Waals surface area contributed by atoms with Crippen LogP contribution in [0.2, 0.25) is 0 Å². The van der Waals surface area contributed by atoms with Crippen molar-refractivity contribution in [3.63, 3.8) is 0 Å². The van der Waals surface area contributed by atoms with Gasteiger partial charge in [-0.15, -0.1) is 0 Å². The summed E-state index contributed by atoms with van der Waals surface area (Å²) >= 11 is 0. The van der Waals surface area contributed by atoms with Gasteiger partial charge in [0.1, 0.15) is 15.4 Å². The van der Waals surface area contributed by atoms with Crippen molar-refractivity contribution in [1.82, 2.24) is 15.5 Å². The van der Waals surface area contributed by atoms with E-state index in [1.165, 1.54) is 88.4 Å². The number of methoxy groups -OCH3 is 1. The van der Waals surface area contributed by atoms with E-state index in [9.17, 15) is 18.0 Å². The third-order valence-corrected chi connectivity index (χ3v) is 20.2. The van der Waals surface area contributed by atoms with Gasteiger partial charge in [-0.1, -0.05) is 58.9 Å². The van der Waals surface area contributed by atoms with Crippen LogP contribution in [-0.2, 0) is 24.2 Å². The van der Waals surface area contributed by atoms with Gasteiger partial charge in [0.15, 0.2) is 0 Å². The molecule has 0 aromatic carbocycles. The molecule has 0 bridgehead atoms. The zero-order valence-electron chi connectivity index (χ0n) is 36.5. The first-order valence-corrected chi connectivity index (χ1v) is 24.2. The topological polar surface area (TPSA) is 105 Å². The molecular weight excluding hydrogens is 719 g/mol. The van der Waals surface area contributed by atoms with E-state index >= 15 is 0 Å². The molecule has 56 heavy (non-hydrogen) atoms. The monoisotopic (exact) mass is 794 g/mol. The van der Waals surface area contributed by atoms with Crippen LogP contribution in [0.15, 0.2) is 35.5 Å². The van der Waals surface area contributed by atoms with Crippen molar-refractivity contribution in [2.24, 2.45) is 51.2 Å². The Bertz CT molecular complexity index is 1760. The normalized spacial score (nSPS) is 42.6. The maximum Gasteiger partial charge on any atom is 0.331 e. The molecule has 9 heteroatoms. The number of carbonyl (C=O) groups excluding carboxylic acids is 2. The smallest absolute Gasteiger partial charge is 0.331 e. The summed E-state index contributed by atoms with van der Waals surface area (Å²) in [6, 6.07) is 0. The number of fused-ring (bicyclic) bond motifs is 7. The zero-order valence-corrected chi connectivity index (χ0v) is 37.3. The second-order valence-electron chi connectivity index (χ2n) is 21.4. The number of allylic oxidation sites excluding steroid dienone is 4. The Hall–Kier alpha value is -1.97. The number of nitrogens with one attached hydrogen (secondary N) is 2. The van der Waals surface area contributed by atoms with Crippen LogP contribution in [0.3, 0.4) is 0 Å². The molecule has 7 aliphatic rings. The van der Waals surface area contributed by atoms with E-state index in [-0.39, 0.29) is 44.3 Å². The number of nitrogens with zero attached hydrogens (tertiary/aromatic N) is 1. The van der Waals surface area contributed by atoms with Crippen LogP contribution in [0.25, 0.3) is 0 Å². The summed E-state index contributed by atoms with van der Waals surface area (Å²) in [5.74, 6) is 2.55. The third kappa shape index (κ3) is 6.62. The van der Waals surface area contributed by atoms with Gasteiger partial charge in [-0.05, 0) is 172 Å². The first-order valence-electron chi connectivity index (χ1n) is 22.3. The Morgan fingerprint density at radius 1 is 0.875 bits per heavy atom. The SMILES string of the molecule is C=C(C)C1CCC2(NCCN3CCC(S(C)(=O)=O)CC3)CCC3(C)C(CCC4C5(C)CC=C(C6=CCC(NC(C)=O)(C(=O)OC)CC6)C(C)(C)C5CCC43C)C12. The van der Waals surface area contributed by atoms with E-state index in [0.717, 1.165) is 51.9 Å². The highest BCUT2D eigenvalue weighted by Gasteiger charge is 2.70. The molecule has 6 aliphatic carbocycles. The minimum Gasteiger partial charge on any atom is -0.467 e. The van der Waals surface area contributed by atoms with E-state index in [2.05, 4.69) is 75.8 Å². The molecule has 314 valence electrons. The van der Waals surface area contributed by atoms with Gasteiger partial charge in [0.25, 0.3) is 0 Å². The quantitative estimate of drug-likeness (QED) is 0.179. The molecule has 10 unspecified atom stereocenters. The van der Waals surface area contributed by atoms with E-state index in [1.54, 1.807) is 0 Å². The number of ether oxygens (including phenoxy) is 1. The second kappa shape index (κ2) is 14.6. The Balaban J connectivity index is 1.10. The average molecular weight is 794 g/mol. The van der Waals surface area contributed by atoms with Gasteiger partial charge in [-0.3, -0.25) is 4.79 Å². The number of likely N-dealkylation sites (tertiary alicyclic amines) is 1. The van der Waals surface area contributed by atoms with Gasteiger partial charge in [-0.25, -0.2) is 13.2 Å². The third-order valence-electron chi connectivity index (χ3n) is 18.5. The van der Waals surface area contributed by atoms with Crippen LogP contribution < -0.4 is 10.6 Å². The van der Waals surface area contributed by atoms with E-state index in [0.29, 0.717) is 42.4 Å². The van der Waals surface area contributed by atoms with Crippen LogP contribution in [0, 0.1) is 51.2 Å². The summed E-state index contributed by atoms with van der Waals surface area (Å²) in [7, 11) is -1.55. The fourth-order valence-corrected chi connectivity index (χ4v) is 16.7. The minimum absolute atomic E-state index is 0.0133.